The SMILES string of the molecule is COC(C)(C)Cc1cc2cc3c(cc2n1-c1ccc(F)cc1)C=NC3. The predicted molar refractivity (Wildman–Crippen MR) is 99.3 cm³/mol. The number of nitrogens with zero attached hydrogens (tertiary/aromatic N) is 2. The molecule has 0 amide bonds. The van der Waals surface area contributed by atoms with Gasteiger partial charge in [-0.2, -0.15) is 0 Å². The van der Waals surface area contributed by atoms with E-state index in [0.717, 1.165) is 35.4 Å². The van der Waals surface area contributed by atoms with Crippen molar-refractivity contribution in [2.75, 3.05) is 7.11 Å². The van der Waals surface area contributed by atoms with Crippen molar-refractivity contribution >= 4 is 17.1 Å². The summed E-state index contributed by atoms with van der Waals surface area (Å²) in [5.74, 6) is -0.230. The van der Waals surface area contributed by atoms with Crippen molar-refractivity contribution in [3.05, 3.63) is 65.1 Å². The summed E-state index contributed by atoms with van der Waals surface area (Å²) in [5, 5.41) is 1.18. The number of aliphatic imine (C=N–C) groups is 1. The van der Waals surface area contributed by atoms with E-state index in [1.54, 1.807) is 7.11 Å². The minimum Gasteiger partial charge on any atom is -0.378 e. The van der Waals surface area contributed by atoms with Crippen LogP contribution < -0.4 is 0 Å². The molecule has 2 aromatic carbocycles. The summed E-state index contributed by atoms with van der Waals surface area (Å²) in [4.78, 5) is 4.36. The second kappa shape index (κ2) is 5.81. The van der Waals surface area contributed by atoms with Crippen LogP contribution >= 0.6 is 0 Å². The minimum atomic E-state index is -0.281. The summed E-state index contributed by atoms with van der Waals surface area (Å²) in [7, 11) is 1.73. The van der Waals surface area contributed by atoms with E-state index >= 15 is 0 Å². The fourth-order valence-electron chi connectivity index (χ4n) is 3.41. The van der Waals surface area contributed by atoms with E-state index in [9.17, 15) is 4.39 Å². The fraction of sp³-hybridized carbons (Fsp3) is 0.286. The molecule has 128 valence electrons. The standard InChI is InChI=1S/C21H21FN2O/c1-21(2,25-3)11-19-9-14-8-15-12-23-13-16(15)10-20(14)24(19)18-6-4-17(22)5-7-18/h4-10,13H,11-12H2,1-3H3. The van der Waals surface area contributed by atoms with E-state index in [1.165, 1.54) is 23.1 Å². The average molecular weight is 336 g/mol. The second-order valence-corrected chi connectivity index (χ2v) is 7.17. The molecular formula is C21H21FN2O. The first-order valence-electron chi connectivity index (χ1n) is 8.45. The molecule has 0 saturated heterocycles. The number of methoxy groups -OCH3 is 1. The number of fused-ring (bicyclic) bond motifs is 2. The highest BCUT2D eigenvalue weighted by Gasteiger charge is 2.22. The summed E-state index contributed by atoms with van der Waals surface area (Å²) < 4.78 is 21.2. The van der Waals surface area contributed by atoms with Gasteiger partial charge in [-0.1, -0.05) is 0 Å². The topological polar surface area (TPSA) is 26.5 Å². The van der Waals surface area contributed by atoms with Gasteiger partial charge in [0, 0.05) is 36.5 Å². The van der Waals surface area contributed by atoms with E-state index in [4.69, 9.17) is 4.74 Å². The van der Waals surface area contributed by atoms with Crippen LogP contribution in [0, 0.1) is 5.82 Å². The van der Waals surface area contributed by atoms with Crippen LogP contribution in [0.4, 0.5) is 4.39 Å². The van der Waals surface area contributed by atoms with Crippen LogP contribution in [-0.4, -0.2) is 23.5 Å². The third-order valence-electron chi connectivity index (χ3n) is 4.87. The number of halogens is 1. The Morgan fingerprint density at radius 2 is 1.92 bits per heavy atom. The number of ether oxygens (including phenoxy) is 1. The van der Waals surface area contributed by atoms with Gasteiger partial charge in [0.05, 0.1) is 17.7 Å². The maximum atomic E-state index is 13.4. The summed E-state index contributed by atoms with van der Waals surface area (Å²) in [6, 6.07) is 13.2. The smallest absolute Gasteiger partial charge is 0.123 e. The van der Waals surface area contributed by atoms with Crippen molar-refractivity contribution in [1.82, 2.24) is 4.57 Å². The summed E-state index contributed by atoms with van der Waals surface area (Å²) in [6.07, 6.45) is 2.68. The molecule has 3 nitrogen and oxygen atoms in total. The van der Waals surface area contributed by atoms with Crippen molar-refractivity contribution in [3.8, 4) is 5.69 Å². The number of hydrogen-bond donors (Lipinski definition) is 0. The van der Waals surface area contributed by atoms with Crippen LogP contribution in [-0.2, 0) is 17.7 Å². The zero-order valence-corrected chi connectivity index (χ0v) is 14.7. The number of benzene rings is 2. The van der Waals surface area contributed by atoms with Gasteiger partial charge < -0.3 is 9.30 Å². The first-order chi connectivity index (χ1) is 12.0. The normalized spacial score (nSPS) is 13.6. The summed E-state index contributed by atoms with van der Waals surface area (Å²) in [6.45, 7) is 4.89. The lowest BCUT2D eigenvalue weighted by Crippen LogP contribution is -2.26. The van der Waals surface area contributed by atoms with Gasteiger partial charge >= 0.3 is 0 Å². The van der Waals surface area contributed by atoms with Crippen LogP contribution in [0.15, 0.2) is 47.5 Å². The number of rotatable bonds is 4. The molecule has 0 fully saturated rings. The number of hydrogen-bond acceptors (Lipinski definition) is 2. The Morgan fingerprint density at radius 1 is 1.16 bits per heavy atom. The van der Waals surface area contributed by atoms with Crippen LogP contribution in [0.2, 0.25) is 0 Å². The van der Waals surface area contributed by atoms with Gasteiger partial charge in [-0.3, -0.25) is 4.99 Å². The molecular weight excluding hydrogens is 315 g/mol. The monoisotopic (exact) mass is 336 g/mol. The molecule has 1 aliphatic rings. The highest BCUT2D eigenvalue weighted by molar-refractivity contribution is 5.94. The quantitative estimate of drug-likeness (QED) is 0.680. The molecule has 0 radical (unpaired) electrons. The van der Waals surface area contributed by atoms with Gasteiger partial charge in [0.25, 0.3) is 0 Å². The van der Waals surface area contributed by atoms with Gasteiger partial charge in [0.15, 0.2) is 0 Å². The molecule has 0 atom stereocenters. The van der Waals surface area contributed by atoms with Crippen molar-refractivity contribution in [2.24, 2.45) is 4.99 Å². The molecule has 0 aliphatic carbocycles. The molecule has 0 saturated carbocycles. The largest absolute Gasteiger partial charge is 0.378 e. The van der Waals surface area contributed by atoms with Gasteiger partial charge in [0.2, 0.25) is 0 Å². The molecule has 4 heteroatoms. The second-order valence-electron chi connectivity index (χ2n) is 7.17. The molecule has 4 rings (SSSR count). The molecule has 1 aliphatic heterocycles. The lowest BCUT2D eigenvalue weighted by atomic mass is 10.0. The Labute approximate surface area is 146 Å². The predicted octanol–water partition coefficient (Wildman–Crippen LogP) is 4.67. The van der Waals surface area contributed by atoms with Crippen molar-refractivity contribution in [3.63, 3.8) is 0 Å². The van der Waals surface area contributed by atoms with Gasteiger partial charge in [-0.05, 0) is 67.4 Å². The Bertz CT molecular complexity index is 968. The van der Waals surface area contributed by atoms with Crippen LogP contribution in [0.5, 0.6) is 0 Å². The third-order valence-corrected chi connectivity index (χ3v) is 4.87. The Morgan fingerprint density at radius 3 is 2.64 bits per heavy atom. The van der Waals surface area contributed by atoms with Crippen LogP contribution in [0.3, 0.4) is 0 Å². The van der Waals surface area contributed by atoms with Crippen LogP contribution in [0.25, 0.3) is 16.6 Å². The van der Waals surface area contributed by atoms with E-state index in [2.05, 4.69) is 41.6 Å². The molecule has 0 unspecified atom stereocenters. The summed E-state index contributed by atoms with van der Waals surface area (Å²) in [5.41, 5.74) is 5.34. The lowest BCUT2D eigenvalue weighted by molar-refractivity contribution is 0.0222. The molecule has 1 aromatic heterocycles. The highest BCUT2D eigenvalue weighted by Crippen LogP contribution is 2.31. The third kappa shape index (κ3) is 2.87. The molecule has 0 spiro atoms. The maximum Gasteiger partial charge on any atom is 0.123 e. The minimum absolute atomic E-state index is 0.230. The van der Waals surface area contributed by atoms with E-state index in [0.29, 0.717) is 0 Å². The Hall–Kier alpha value is -2.46. The Balaban J connectivity index is 1.94. The van der Waals surface area contributed by atoms with Crippen molar-refractivity contribution in [2.45, 2.75) is 32.4 Å². The Kier molecular flexibility index (Phi) is 3.73. The zero-order valence-electron chi connectivity index (χ0n) is 14.7. The number of aromatic nitrogens is 1. The highest BCUT2D eigenvalue weighted by atomic mass is 19.1. The van der Waals surface area contributed by atoms with Gasteiger partial charge in [-0.15, -0.1) is 0 Å². The molecule has 0 N–H and O–H groups in total. The van der Waals surface area contributed by atoms with E-state index in [-0.39, 0.29) is 11.4 Å². The molecule has 2 heterocycles. The molecule has 0 bridgehead atoms. The first-order valence-corrected chi connectivity index (χ1v) is 8.45. The van der Waals surface area contributed by atoms with Crippen molar-refractivity contribution < 1.29 is 9.13 Å². The zero-order chi connectivity index (χ0) is 17.6. The van der Waals surface area contributed by atoms with E-state index < -0.39 is 0 Å². The maximum absolute atomic E-state index is 13.4. The summed E-state index contributed by atoms with van der Waals surface area (Å²) >= 11 is 0. The first kappa shape index (κ1) is 16.0. The van der Waals surface area contributed by atoms with Gasteiger partial charge in [0.1, 0.15) is 5.82 Å². The van der Waals surface area contributed by atoms with Crippen molar-refractivity contribution in [1.29, 1.82) is 0 Å². The fourth-order valence-corrected chi connectivity index (χ4v) is 3.41. The van der Waals surface area contributed by atoms with E-state index in [1.807, 2.05) is 18.3 Å². The average Bonchev–Trinajstić information content (AvgIpc) is 3.16. The van der Waals surface area contributed by atoms with Gasteiger partial charge in [-0.25, -0.2) is 4.39 Å². The lowest BCUT2D eigenvalue weighted by Gasteiger charge is -2.24. The van der Waals surface area contributed by atoms with Crippen LogP contribution in [0.1, 0.15) is 30.7 Å². The molecule has 3 aromatic rings. The molecule has 25 heavy (non-hydrogen) atoms.